The van der Waals surface area contributed by atoms with Gasteiger partial charge in [-0.2, -0.15) is 0 Å². The van der Waals surface area contributed by atoms with Gasteiger partial charge in [-0.25, -0.2) is 0 Å². The highest BCUT2D eigenvalue weighted by Crippen LogP contribution is 2.29. The van der Waals surface area contributed by atoms with Crippen molar-refractivity contribution in [3.63, 3.8) is 0 Å². The van der Waals surface area contributed by atoms with E-state index in [-0.39, 0.29) is 24.7 Å². The number of ether oxygens (including phenoxy) is 1. The third-order valence-electron chi connectivity index (χ3n) is 1.73. The maximum absolute atomic E-state index is 10.6. The Bertz CT molecular complexity index is 338. The van der Waals surface area contributed by atoms with Crippen LogP contribution in [-0.4, -0.2) is 23.2 Å². The second kappa shape index (κ2) is 4.57. The normalized spacial score (nSPS) is 9.86. The minimum absolute atomic E-state index is 0.0612. The lowest BCUT2D eigenvalue weighted by molar-refractivity contribution is -0.385. The fourth-order valence-corrected chi connectivity index (χ4v) is 1.12. The van der Waals surface area contributed by atoms with Gasteiger partial charge in [-0.3, -0.25) is 10.1 Å². The van der Waals surface area contributed by atoms with Gasteiger partial charge in [0.1, 0.15) is 6.61 Å². The predicted molar refractivity (Wildman–Crippen MR) is 50.4 cm³/mol. The van der Waals surface area contributed by atoms with E-state index < -0.39 is 4.92 Å². The molecule has 0 aliphatic heterocycles. The number of aryl methyl sites for hydroxylation is 1. The van der Waals surface area contributed by atoms with E-state index in [1.54, 1.807) is 19.1 Å². The number of hydrogen-bond acceptors (Lipinski definition) is 4. The molecule has 1 aromatic carbocycles. The van der Waals surface area contributed by atoms with Gasteiger partial charge in [-0.1, -0.05) is 12.1 Å². The highest BCUT2D eigenvalue weighted by molar-refractivity contribution is 5.51. The summed E-state index contributed by atoms with van der Waals surface area (Å²) in [5.41, 5.74) is 0.617. The van der Waals surface area contributed by atoms with Gasteiger partial charge in [0.15, 0.2) is 5.75 Å². The van der Waals surface area contributed by atoms with Crippen molar-refractivity contribution < 1.29 is 14.8 Å². The quantitative estimate of drug-likeness (QED) is 0.582. The van der Waals surface area contributed by atoms with E-state index in [2.05, 4.69) is 0 Å². The van der Waals surface area contributed by atoms with Gasteiger partial charge in [0.05, 0.1) is 11.5 Å². The Morgan fingerprint density at radius 3 is 2.86 bits per heavy atom. The lowest BCUT2D eigenvalue weighted by atomic mass is 10.2. The van der Waals surface area contributed by atoms with Crippen LogP contribution in [0.4, 0.5) is 5.69 Å². The van der Waals surface area contributed by atoms with Crippen LogP contribution in [0.5, 0.6) is 5.75 Å². The summed E-state index contributed by atoms with van der Waals surface area (Å²) in [6, 6.07) is 4.69. The first-order valence-electron chi connectivity index (χ1n) is 4.14. The molecule has 0 fully saturated rings. The molecule has 1 N–H and O–H groups in total. The topological polar surface area (TPSA) is 72.6 Å². The zero-order valence-electron chi connectivity index (χ0n) is 7.77. The zero-order valence-corrected chi connectivity index (χ0v) is 7.77. The number of benzene rings is 1. The van der Waals surface area contributed by atoms with Crippen LogP contribution in [0.3, 0.4) is 0 Å². The molecule has 5 nitrogen and oxygen atoms in total. The van der Waals surface area contributed by atoms with Gasteiger partial charge in [-0.05, 0) is 12.5 Å². The first-order valence-corrected chi connectivity index (χ1v) is 4.14. The molecule has 76 valence electrons. The van der Waals surface area contributed by atoms with E-state index in [0.717, 1.165) is 0 Å². The molecular weight excluding hydrogens is 186 g/mol. The summed E-state index contributed by atoms with van der Waals surface area (Å²) < 4.78 is 5.09. The van der Waals surface area contributed by atoms with Crippen LogP contribution < -0.4 is 4.74 Å². The smallest absolute Gasteiger partial charge is 0.311 e. The molecule has 0 bridgehead atoms. The Kier molecular flexibility index (Phi) is 3.41. The summed E-state index contributed by atoms with van der Waals surface area (Å²) in [5, 5.41) is 19.2. The summed E-state index contributed by atoms with van der Waals surface area (Å²) >= 11 is 0. The summed E-state index contributed by atoms with van der Waals surface area (Å²) in [7, 11) is 0. The number of para-hydroxylation sites is 1. The van der Waals surface area contributed by atoms with Crippen molar-refractivity contribution in [2.75, 3.05) is 13.2 Å². The largest absolute Gasteiger partial charge is 0.484 e. The molecule has 5 heteroatoms. The summed E-state index contributed by atoms with van der Waals surface area (Å²) in [5.74, 6) is 0.228. The molecule has 0 aromatic heterocycles. The van der Waals surface area contributed by atoms with Crippen molar-refractivity contribution >= 4 is 5.69 Å². The lowest BCUT2D eigenvalue weighted by Crippen LogP contribution is -2.05. The van der Waals surface area contributed by atoms with Gasteiger partial charge < -0.3 is 9.84 Å². The van der Waals surface area contributed by atoms with Crippen LogP contribution in [0.2, 0.25) is 0 Å². The van der Waals surface area contributed by atoms with E-state index in [4.69, 9.17) is 9.84 Å². The van der Waals surface area contributed by atoms with E-state index in [0.29, 0.717) is 5.56 Å². The molecule has 0 aliphatic rings. The van der Waals surface area contributed by atoms with E-state index in [9.17, 15) is 10.1 Å². The molecule has 0 unspecified atom stereocenters. The van der Waals surface area contributed by atoms with E-state index in [1.807, 2.05) is 0 Å². The van der Waals surface area contributed by atoms with Crippen molar-refractivity contribution in [2.24, 2.45) is 0 Å². The number of nitrogens with zero attached hydrogens (tertiary/aromatic N) is 1. The molecule has 0 saturated heterocycles. The fraction of sp³-hybridized carbons (Fsp3) is 0.333. The van der Waals surface area contributed by atoms with Gasteiger partial charge >= 0.3 is 5.69 Å². The maximum Gasteiger partial charge on any atom is 0.311 e. The Labute approximate surface area is 81.1 Å². The molecule has 0 aliphatic carbocycles. The van der Waals surface area contributed by atoms with Crippen LogP contribution in [0, 0.1) is 17.0 Å². The Morgan fingerprint density at radius 2 is 2.29 bits per heavy atom. The summed E-state index contributed by atoms with van der Waals surface area (Å²) in [4.78, 5) is 10.1. The molecule has 0 atom stereocenters. The Balaban J connectivity index is 3.02. The minimum Gasteiger partial charge on any atom is -0.484 e. The van der Waals surface area contributed by atoms with Crippen LogP contribution in [0.1, 0.15) is 5.56 Å². The average Bonchev–Trinajstić information content (AvgIpc) is 2.15. The third-order valence-corrected chi connectivity index (χ3v) is 1.73. The predicted octanol–water partition coefficient (Wildman–Crippen LogP) is 1.27. The zero-order chi connectivity index (χ0) is 10.6. The number of nitro groups is 1. The van der Waals surface area contributed by atoms with Crippen LogP contribution in [-0.2, 0) is 0 Å². The molecule has 1 aromatic rings. The first-order chi connectivity index (χ1) is 6.66. The molecular formula is C9H11NO4. The first kappa shape index (κ1) is 10.5. The molecule has 0 spiro atoms. The van der Waals surface area contributed by atoms with Crippen molar-refractivity contribution in [2.45, 2.75) is 6.92 Å². The standard InChI is InChI=1S/C9H11NO4/c1-7-3-2-4-8(10(12)13)9(7)14-6-5-11/h2-4,11H,5-6H2,1H3. The van der Waals surface area contributed by atoms with Crippen molar-refractivity contribution in [1.29, 1.82) is 0 Å². The van der Waals surface area contributed by atoms with Crippen LogP contribution in [0.15, 0.2) is 18.2 Å². The fourth-order valence-electron chi connectivity index (χ4n) is 1.12. The third kappa shape index (κ3) is 2.20. The van der Waals surface area contributed by atoms with Crippen LogP contribution >= 0.6 is 0 Å². The molecule has 0 heterocycles. The Hall–Kier alpha value is -1.62. The summed E-state index contributed by atoms with van der Waals surface area (Å²) in [6.07, 6.45) is 0. The van der Waals surface area contributed by atoms with E-state index >= 15 is 0 Å². The van der Waals surface area contributed by atoms with E-state index in [1.165, 1.54) is 6.07 Å². The molecule has 1 rings (SSSR count). The maximum atomic E-state index is 10.6. The summed E-state index contributed by atoms with van der Waals surface area (Å²) in [6.45, 7) is 1.62. The van der Waals surface area contributed by atoms with Gasteiger partial charge in [0, 0.05) is 6.07 Å². The SMILES string of the molecule is Cc1cccc([N+](=O)[O-])c1OCCO. The second-order valence-electron chi connectivity index (χ2n) is 2.75. The van der Waals surface area contributed by atoms with Gasteiger partial charge in [0.25, 0.3) is 0 Å². The van der Waals surface area contributed by atoms with Gasteiger partial charge in [-0.15, -0.1) is 0 Å². The number of rotatable bonds is 4. The second-order valence-corrected chi connectivity index (χ2v) is 2.75. The number of aliphatic hydroxyl groups excluding tert-OH is 1. The number of hydrogen-bond donors (Lipinski definition) is 1. The molecule has 0 radical (unpaired) electrons. The van der Waals surface area contributed by atoms with Crippen LogP contribution in [0.25, 0.3) is 0 Å². The molecule has 14 heavy (non-hydrogen) atoms. The number of nitro benzene ring substituents is 1. The average molecular weight is 197 g/mol. The lowest BCUT2D eigenvalue weighted by Gasteiger charge is -2.07. The van der Waals surface area contributed by atoms with Crippen molar-refractivity contribution in [3.8, 4) is 5.75 Å². The van der Waals surface area contributed by atoms with Crippen molar-refractivity contribution in [3.05, 3.63) is 33.9 Å². The highest BCUT2D eigenvalue weighted by atomic mass is 16.6. The molecule has 0 saturated carbocycles. The van der Waals surface area contributed by atoms with Crippen molar-refractivity contribution in [1.82, 2.24) is 0 Å². The molecule has 0 amide bonds. The highest BCUT2D eigenvalue weighted by Gasteiger charge is 2.16. The number of aliphatic hydroxyl groups is 1. The monoisotopic (exact) mass is 197 g/mol. The minimum atomic E-state index is -0.500. The Morgan fingerprint density at radius 1 is 1.57 bits per heavy atom. The van der Waals surface area contributed by atoms with Gasteiger partial charge in [0.2, 0.25) is 0 Å².